The first-order valence-corrected chi connectivity index (χ1v) is 7.51. The molecule has 1 atom stereocenters. The second-order valence-electron chi connectivity index (χ2n) is 3.97. The summed E-state index contributed by atoms with van der Waals surface area (Å²) in [6.45, 7) is 2.59. The van der Waals surface area contributed by atoms with E-state index in [4.69, 9.17) is 17.0 Å². The number of hydrogen-bond donors (Lipinski definition) is 2. The molecular formula is C13H19N3OS2. The van der Waals surface area contributed by atoms with Crippen molar-refractivity contribution in [2.24, 2.45) is 5.10 Å². The van der Waals surface area contributed by atoms with Crippen LogP contribution in [0.2, 0.25) is 0 Å². The predicted octanol–water partition coefficient (Wildman–Crippen LogP) is 2.24. The first-order valence-electron chi connectivity index (χ1n) is 5.88. The number of thiocarbonyl (C=S) groups is 1. The molecule has 2 N–H and O–H groups in total. The number of nitrogens with one attached hydrogen (secondary N) is 2. The molecule has 0 saturated carbocycles. The zero-order valence-electron chi connectivity index (χ0n) is 11.3. The van der Waals surface area contributed by atoms with Crippen LogP contribution in [0.15, 0.2) is 34.3 Å². The SMILES string of the molecule is COC[C@H](C)NC(=S)N/N=C\c1ccc(SC)cc1. The summed E-state index contributed by atoms with van der Waals surface area (Å²) < 4.78 is 5.01. The molecule has 19 heavy (non-hydrogen) atoms. The van der Waals surface area contributed by atoms with Crippen molar-refractivity contribution in [3.05, 3.63) is 29.8 Å². The van der Waals surface area contributed by atoms with Gasteiger partial charge in [-0.2, -0.15) is 5.10 Å². The van der Waals surface area contributed by atoms with E-state index in [0.29, 0.717) is 11.7 Å². The van der Waals surface area contributed by atoms with Gasteiger partial charge in [-0.3, -0.25) is 5.43 Å². The van der Waals surface area contributed by atoms with Crippen LogP contribution in [0, 0.1) is 0 Å². The number of hydrogen-bond acceptors (Lipinski definition) is 4. The first-order chi connectivity index (χ1) is 9.15. The number of nitrogens with zero attached hydrogens (tertiary/aromatic N) is 1. The molecule has 0 unspecified atom stereocenters. The minimum atomic E-state index is 0.154. The van der Waals surface area contributed by atoms with Gasteiger partial charge >= 0.3 is 0 Å². The minimum Gasteiger partial charge on any atom is -0.383 e. The number of ether oxygens (including phenoxy) is 1. The molecule has 0 bridgehead atoms. The quantitative estimate of drug-likeness (QED) is 0.365. The van der Waals surface area contributed by atoms with Gasteiger partial charge in [0.05, 0.1) is 12.8 Å². The van der Waals surface area contributed by atoms with Crippen molar-refractivity contribution in [3.8, 4) is 0 Å². The summed E-state index contributed by atoms with van der Waals surface area (Å²) in [5.41, 5.74) is 3.80. The van der Waals surface area contributed by atoms with Crippen molar-refractivity contribution >= 4 is 35.3 Å². The number of rotatable bonds is 6. The number of benzene rings is 1. The fraction of sp³-hybridized carbons (Fsp3) is 0.385. The smallest absolute Gasteiger partial charge is 0.187 e. The van der Waals surface area contributed by atoms with Gasteiger partial charge in [0.1, 0.15) is 0 Å². The number of hydrazone groups is 1. The van der Waals surface area contributed by atoms with Crippen LogP contribution in [-0.4, -0.2) is 37.3 Å². The van der Waals surface area contributed by atoms with Gasteiger partial charge in [-0.05, 0) is 43.1 Å². The van der Waals surface area contributed by atoms with Gasteiger partial charge in [0, 0.05) is 18.0 Å². The molecule has 0 aliphatic heterocycles. The molecule has 0 heterocycles. The van der Waals surface area contributed by atoms with Crippen LogP contribution in [0.4, 0.5) is 0 Å². The summed E-state index contributed by atoms with van der Waals surface area (Å²) in [6, 6.07) is 8.30. The minimum absolute atomic E-state index is 0.154. The van der Waals surface area contributed by atoms with E-state index in [0.717, 1.165) is 5.56 Å². The van der Waals surface area contributed by atoms with E-state index in [1.807, 2.05) is 19.1 Å². The lowest BCUT2D eigenvalue weighted by Gasteiger charge is -2.13. The summed E-state index contributed by atoms with van der Waals surface area (Å²) >= 11 is 6.82. The molecular weight excluding hydrogens is 278 g/mol. The van der Waals surface area contributed by atoms with Gasteiger partial charge in [-0.15, -0.1) is 11.8 Å². The molecule has 1 rings (SSSR count). The molecule has 0 fully saturated rings. The second-order valence-corrected chi connectivity index (χ2v) is 5.26. The van der Waals surface area contributed by atoms with E-state index in [-0.39, 0.29) is 6.04 Å². The van der Waals surface area contributed by atoms with Crippen molar-refractivity contribution in [2.75, 3.05) is 20.0 Å². The molecule has 0 amide bonds. The highest BCUT2D eigenvalue weighted by Crippen LogP contribution is 2.13. The summed E-state index contributed by atoms with van der Waals surface area (Å²) in [6.07, 6.45) is 3.79. The normalized spacial score (nSPS) is 12.4. The fourth-order valence-electron chi connectivity index (χ4n) is 1.40. The van der Waals surface area contributed by atoms with Crippen LogP contribution in [0.1, 0.15) is 12.5 Å². The third kappa shape index (κ3) is 6.56. The summed E-state index contributed by atoms with van der Waals surface area (Å²) in [5.74, 6) is 0. The lowest BCUT2D eigenvalue weighted by Crippen LogP contribution is -2.40. The Kier molecular flexibility index (Phi) is 7.47. The summed E-state index contributed by atoms with van der Waals surface area (Å²) in [4.78, 5) is 1.23. The highest BCUT2D eigenvalue weighted by molar-refractivity contribution is 7.98. The van der Waals surface area contributed by atoms with Crippen LogP contribution in [0.3, 0.4) is 0 Å². The first kappa shape index (κ1) is 15.9. The molecule has 0 saturated heterocycles. The second kappa shape index (κ2) is 8.90. The van der Waals surface area contributed by atoms with Gasteiger partial charge in [0.2, 0.25) is 0 Å². The summed E-state index contributed by atoms with van der Waals surface area (Å²) in [7, 11) is 1.66. The van der Waals surface area contributed by atoms with E-state index in [9.17, 15) is 0 Å². The average Bonchev–Trinajstić information content (AvgIpc) is 2.39. The van der Waals surface area contributed by atoms with Gasteiger partial charge in [0.25, 0.3) is 0 Å². The van der Waals surface area contributed by atoms with E-state index >= 15 is 0 Å². The zero-order chi connectivity index (χ0) is 14.1. The Hall–Kier alpha value is -1.11. The lowest BCUT2D eigenvalue weighted by molar-refractivity contribution is 0.179. The maximum Gasteiger partial charge on any atom is 0.187 e. The van der Waals surface area contributed by atoms with Crippen molar-refractivity contribution in [1.82, 2.24) is 10.7 Å². The highest BCUT2D eigenvalue weighted by Gasteiger charge is 2.01. The monoisotopic (exact) mass is 297 g/mol. The lowest BCUT2D eigenvalue weighted by atomic mass is 10.2. The predicted molar refractivity (Wildman–Crippen MR) is 86.0 cm³/mol. The third-order valence-corrected chi connectivity index (χ3v) is 3.24. The largest absolute Gasteiger partial charge is 0.383 e. The van der Waals surface area contributed by atoms with E-state index in [2.05, 4.69) is 34.2 Å². The Labute approximate surface area is 124 Å². The maximum atomic E-state index is 5.10. The maximum absolute atomic E-state index is 5.10. The van der Waals surface area contributed by atoms with Crippen molar-refractivity contribution in [2.45, 2.75) is 17.9 Å². The molecule has 0 aliphatic rings. The van der Waals surface area contributed by atoms with Gasteiger partial charge in [0.15, 0.2) is 5.11 Å². The molecule has 6 heteroatoms. The van der Waals surface area contributed by atoms with Crippen LogP contribution < -0.4 is 10.7 Å². The molecule has 0 radical (unpaired) electrons. The fourth-order valence-corrected chi connectivity index (χ4v) is 2.07. The number of thioether (sulfide) groups is 1. The molecule has 1 aromatic rings. The van der Waals surface area contributed by atoms with Gasteiger partial charge in [-0.25, -0.2) is 0 Å². The molecule has 4 nitrogen and oxygen atoms in total. The molecule has 104 valence electrons. The van der Waals surface area contributed by atoms with E-state index < -0.39 is 0 Å². The average molecular weight is 297 g/mol. The standard InChI is InChI=1S/C13H19N3OS2/c1-10(9-17-2)15-13(18)16-14-8-11-4-6-12(19-3)7-5-11/h4-8,10H,9H2,1-3H3,(H2,15,16,18)/b14-8-/t10-/m0/s1. The molecule has 0 spiro atoms. The van der Waals surface area contributed by atoms with Crippen molar-refractivity contribution in [3.63, 3.8) is 0 Å². The van der Waals surface area contributed by atoms with E-state index in [1.54, 1.807) is 25.1 Å². The molecule has 0 aromatic heterocycles. The Morgan fingerprint density at radius 2 is 2.16 bits per heavy atom. The Morgan fingerprint density at radius 1 is 1.47 bits per heavy atom. The summed E-state index contributed by atoms with van der Waals surface area (Å²) in [5, 5.41) is 7.63. The zero-order valence-corrected chi connectivity index (χ0v) is 13.0. The third-order valence-electron chi connectivity index (χ3n) is 2.29. The Balaban J connectivity index is 2.38. The number of methoxy groups -OCH3 is 1. The van der Waals surface area contributed by atoms with Crippen molar-refractivity contribution in [1.29, 1.82) is 0 Å². The Bertz CT molecular complexity index is 420. The van der Waals surface area contributed by atoms with Crippen molar-refractivity contribution < 1.29 is 4.74 Å². The molecule has 0 aliphatic carbocycles. The van der Waals surface area contributed by atoms with Crippen LogP contribution >= 0.6 is 24.0 Å². The van der Waals surface area contributed by atoms with Crippen LogP contribution in [0.25, 0.3) is 0 Å². The van der Waals surface area contributed by atoms with Crippen LogP contribution in [0.5, 0.6) is 0 Å². The van der Waals surface area contributed by atoms with Crippen LogP contribution in [-0.2, 0) is 4.74 Å². The highest BCUT2D eigenvalue weighted by atomic mass is 32.2. The van der Waals surface area contributed by atoms with Gasteiger partial charge in [-0.1, -0.05) is 12.1 Å². The Morgan fingerprint density at radius 3 is 2.74 bits per heavy atom. The molecule has 1 aromatic carbocycles. The van der Waals surface area contributed by atoms with Gasteiger partial charge < -0.3 is 10.1 Å². The van der Waals surface area contributed by atoms with E-state index in [1.165, 1.54) is 4.90 Å². The topological polar surface area (TPSA) is 45.6 Å².